The van der Waals surface area contributed by atoms with E-state index in [0.717, 1.165) is 23.4 Å². The molecule has 0 aromatic heterocycles. The molecule has 17 heavy (non-hydrogen) atoms. The minimum Gasteiger partial charge on any atom is -0.311 e. The van der Waals surface area contributed by atoms with Crippen LogP contribution in [0, 0.1) is 6.58 Å². The molecule has 0 bridgehead atoms. The van der Waals surface area contributed by atoms with Crippen LogP contribution in [0.3, 0.4) is 0 Å². The summed E-state index contributed by atoms with van der Waals surface area (Å²) in [5, 5.41) is 0. The summed E-state index contributed by atoms with van der Waals surface area (Å²) in [7, 11) is 2.23. The Kier molecular flexibility index (Phi) is 4.47. The van der Waals surface area contributed by atoms with Crippen LogP contribution in [-0.2, 0) is 4.42 Å². The molecule has 0 atom stereocenters. The fourth-order valence-electron chi connectivity index (χ4n) is 1.80. The van der Waals surface area contributed by atoms with E-state index in [1.54, 1.807) is 0 Å². The Hall–Kier alpha value is -1.15. The van der Waals surface area contributed by atoms with Crippen molar-refractivity contribution < 1.29 is 8.91 Å². The first kappa shape index (κ1) is 13.9. The predicted octanol–water partition coefficient (Wildman–Crippen LogP) is 2.80. The summed E-state index contributed by atoms with van der Waals surface area (Å²) < 4.78 is 6.63. The Balaban J connectivity index is 3.11. The van der Waals surface area contributed by atoms with E-state index in [4.69, 9.17) is 11.0 Å². The first-order valence-electron chi connectivity index (χ1n) is 6.34. The quantitative estimate of drug-likeness (QED) is 0.307. The molecule has 0 radical (unpaired) electrons. The minimum atomic E-state index is 0.148. The second-order valence-corrected chi connectivity index (χ2v) is 4.92. The lowest BCUT2D eigenvalue weighted by molar-refractivity contribution is -0.866. The van der Waals surface area contributed by atoms with Crippen molar-refractivity contribution >= 4 is 5.78 Å². The number of carbonyl (C=O) groups excluding carboxylic acids is 1. The van der Waals surface area contributed by atoms with Crippen molar-refractivity contribution in [3.8, 4) is 0 Å². The van der Waals surface area contributed by atoms with Crippen molar-refractivity contribution in [2.75, 3.05) is 20.1 Å². The van der Waals surface area contributed by atoms with Gasteiger partial charge in [-0.2, -0.15) is 0 Å². The minimum absolute atomic E-state index is 0.148. The van der Waals surface area contributed by atoms with Gasteiger partial charge in [-0.1, -0.05) is 11.6 Å². The van der Waals surface area contributed by atoms with Crippen molar-refractivity contribution in [3.63, 3.8) is 0 Å². The van der Waals surface area contributed by atoms with Gasteiger partial charge < -0.3 is 4.42 Å². The Morgan fingerprint density at radius 3 is 2.29 bits per heavy atom. The van der Waals surface area contributed by atoms with Gasteiger partial charge in [0.25, 0.3) is 6.10 Å². The second kappa shape index (κ2) is 5.46. The summed E-state index contributed by atoms with van der Waals surface area (Å²) in [6.07, 6.45) is 6.25. The van der Waals surface area contributed by atoms with Gasteiger partial charge in [0.05, 0.1) is 20.1 Å². The molecule has 1 rings (SSSR count). The zero-order valence-electron chi connectivity index (χ0n) is 11.7. The zero-order chi connectivity index (χ0) is 13.1. The van der Waals surface area contributed by atoms with E-state index >= 15 is 0 Å². The molecule has 1 aliphatic rings. The molecule has 0 aromatic carbocycles. The van der Waals surface area contributed by atoms with Gasteiger partial charge in [0.1, 0.15) is 5.70 Å². The Morgan fingerprint density at radius 2 is 1.82 bits per heavy atom. The molecule has 0 fully saturated rings. The monoisotopic (exact) mass is 234 g/mol. The van der Waals surface area contributed by atoms with Crippen molar-refractivity contribution in [1.82, 2.24) is 0 Å². The molecule has 0 aromatic rings. The van der Waals surface area contributed by atoms with Crippen LogP contribution in [0.5, 0.6) is 0 Å². The molecular weight excluding hydrogens is 210 g/mol. The van der Waals surface area contributed by atoms with E-state index < -0.39 is 0 Å². The fraction of sp³-hybridized carbons (Fsp3) is 0.533. The predicted molar refractivity (Wildman–Crippen MR) is 72.4 cm³/mol. The molecule has 2 heteroatoms. The average molecular weight is 234 g/mol. The molecule has 0 aliphatic heterocycles. The molecule has 2 nitrogen and oxygen atoms in total. The third-order valence-corrected chi connectivity index (χ3v) is 3.38. The molecule has 0 heterocycles. The largest absolute Gasteiger partial charge is 0.311 e. The molecule has 0 unspecified atom stereocenters. The number of hydrogen-bond acceptors (Lipinski definition) is 0. The smallest absolute Gasteiger partial charge is 0.251 e. The standard InChI is InChI=1S/C15H24NO/c1-7-16(6,8-2)14-10-9-13(5)15(11-14)17-12(3)4/h5,9-12H,7-8H2,1-4,6H3/q+1. The summed E-state index contributed by atoms with van der Waals surface area (Å²) in [6.45, 7) is 16.5. The van der Waals surface area contributed by atoms with E-state index in [0.29, 0.717) is 5.57 Å². The Morgan fingerprint density at radius 1 is 1.24 bits per heavy atom. The maximum atomic E-state index is 5.93. The summed E-state index contributed by atoms with van der Waals surface area (Å²) in [5.74, 6) is 0.795. The number of rotatable bonds is 4. The van der Waals surface area contributed by atoms with Gasteiger partial charge in [0.2, 0.25) is 5.78 Å². The van der Waals surface area contributed by atoms with Crippen molar-refractivity contribution in [3.05, 3.63) is 36.1 Å². The fourth-order valence-corrected chi connectivity index (χ4v) is 1.80. The lowest BCUT2D eigenvalue weighted by Crippen LogP contribution is -2.42. The second-order valence-electron chi connectivity index (χ2n) is 4.92. The van der Waals surface area contributed by atoms with Crippen LogP contribution in [-0.4, -0.2) is 36.5 Å². The Labute approximate surface area is 105 Å². The maximum absolute atomic E-state index is 5.93. The molecule has 0 amide bonds. The van der Waals surface area contributed by atoms with Gasteiger partial charge in [0, 0.05) is 19.9 Å². The number of hydrogen-bond donors (Lipinski definition) is 0. The summed E-state index contributed by atoms with van der Waals surface area (Å²) in [4.78, 5) is 0. The van der Waals surface area contributed by atoms with E-state index in [1.807, 2.05) is 19.9 Å². The van der Waals surface area contributed by atoms with Crippen LogP contribution in [0.25, 0.3) is 0 Å². The highest BCUT2D eigenvalue weighted by molar-refractivity contribution is 6.07. The zero-order valence-corrected chi connectivity index (χ0v) is 11.7. The van der Waals surface area contributed by atoms with Gasteiger partial charge in [-0.25, -0.2) is 6.58 Å². The normalized spacial score (nSPS) is 19.1. The van der Waals surface area contributed by atoms with Crippen LogP contribution < -0.4 is 0 Å². The average Bonchev–Trinajstić information content (AvgIpc) is 2.30. The first-order chi connectivity index (χ1) is 7.92. The van der Waals surface area contributed by atoms with Crippen molar-refractivity contribution in [1.29, 1.82) is 0 Å². The first-order valence-corrected chi connectivity index (χ1v) is 6.34. The van der Waals surface area contributed by atoms with Crippen LogP contribution in [0.4, 0.5) is 0 Å². The molecule has 94 valence electrons. The van der Waals surface area contributed by atoms with Crippen molar-refractivity contribution in [2.45, 2.75) is 33.8 Å². The lowest BCUT2D eigenvalue weighted by atomic mass is 10.0. The SMILES string of the molecule is [CH-]=C1C=CC([N+](C)(CC)CC)=CC1=[O+]C(C)C. The van der Waals surface area contributed by atoms with Gasteiger partial charge in [-0.3, -0.25) is 4.48 Å². The van der Waals surface area contributed by atoms with Gasteiger partial charge in [0.15, 0.2) is 0 Å². The van der Waals surface area contributed by atoms with Crippen LogP contribution >= 0.6 is 0 Å². The van der Waals surface area contributed by atoms with E-state index in [-0.39, 0.29) is 6.10 Å². The van der Waals surface area contributed by atoms with Crippen LogP contribution in [0.1, 0.15) is 27.7 Å². The third kappa shape index (κ3) is 3.16. The van der Waals surface area contributed by atoms with Gasteiger partial charge >= 0.3 is 0 Å². The number of nitrogens with zero attached hydrogens (tertiary/aromatic N) is 1. The number of quaternary nitrogens is 1. The molecule has 0 N–H and O–H groups in total. The highest BCUT2D eigenvalue weighted by atomic mass is 16.4. The number of allylic oxidation sites excluding steroid dienone is 4. The molecule has 0 spiro atoms. The number of likely N-dealkylation sites (N-methyl/N-ethyl adjacent to an activating group) is 1. The van der Waals surface area contributed by atoms with Crippen LogP contribution in [0.15, 0.2) is 29.5 Å². The maximum Gasteiger partial charge on any atom is 0.251 e. The van der Waals surface area contributed by atoms with Crippen molar-refractivity contribution in [2.24, 2.45) is 0 Å². The Bertz CT molecular complexity index is 382. The molecule has 1 aliphatic carbocycles. The summed E-state index contributed by atoms with van der Waals surface area (Å²) in [5.41, 5.74) is 1.96. The van der Waals surface area contributed by atoms with E-state index in [1.165, 1.54) is 5.70 Å². The number of ketones is 1. The summed E-state index contributed by atoms with van der Waals surface area (Å²) >= 11 is 0. The molecule has 0 saturated carbocycles. The van der Waals surface area contributed by atoms with E-state index in [2.05, 4.69) is 33.0 Å². The van der Waals surface area contributed by atoms with Gasteiger partial charge in [-0.05, 0) is 13.8 Å². The van der Waals surface area contributed by atoms with Gasteiger partial charge in [-0.15, -0.1) is 6.08 Å². The highest BCUT2D eigenvalue weighted by Crippen LogP contribution is 2.21. The third-order valence-electron chi connectivity index (χ3n) is 3.38. The highest BCUT2D eigenvalue weighted by Gasteiger charge is 2.24. The summed E-state index contributed by atoms with van der Waals surface area (Å²) in [6, 6.07) is 0. The molecule has 0 saturated heterocycles. The molecular formula is C15H24NO+. The topological polar surface area (TPSA) is 11.3 Å². The van der Waals surface area contributed by atoms with Crippen LogP contribution in [0.2, 0.25) is 0 Å². The lowest BCUT2D eigenvalue weighted by Gasteiger charge is -2.34. The van der Waals surface area contributed by atoms with E-state index in [9.17, 15) is 0 Å².